The maximum absolute atomic E-state index is 9.59. The maximum Gasteiger partial charge on any atom is 0.116 e. The predicted octanol–water partition coefficient (Wildman–Crippen LogP) is 3.70. The Hall–Kier alpha value is -2.58. The summed E-state index contributed by atoms with van der Waals surface area (Å²) in [6.45, 7) is 0. The molecule has 0 unspecified atom stereocenters. The highest BCUT2D eigenvalue weighted by Crippen LogP contribution is 2.49. The molecule has 3 aromatic rings. The standard InChI is InChI=1S/C17H13N3OS/c1-20-12-6-3-2-5-10(12)15-14(13-7-4-8-21-13)11(9-18)16(19)22-17(15)20/h2-8,14H,19H2,1H3/t14-/m1/s1. The van der Waals surface area contributed by atoms with Gasteiger partial charge in [-0.05, 0) is 18.2 Å². The van der Waals surface area contributed by atoms with Crippen LogP contribution in [-0.4, -0.2) is 4.57 Å². The van der Waals surface area contributed by atoms with E-state index in [1.165, 1.54) is 11.8 Å². The van der Waals surface area contributed by atoms with Gasteiger partial charge in [-0.15, -0.1) is 0 Å². The summed E-state index contributed by atoms with van der Waals surface area (Å²) in [7, 11) is 2.03. The monoisotopic (exact) mass is 307 g/mol. The molecule has 3 heterocycles. The number of hydrogen-bond acceptors (Lipinski definition) is 4. The van der Waals surface area contributed by atoms with Crippen molar-refractivity contribution in [1.82, 2.24) is 4.57 Å². The van der Waals surface area contributed by atoms with Gasteiger partial charge >= 0.3 is 0 Å². The molecule has 2 N–H and O–H groups in total. The number of benzene rings is 1. The van der Waals surface area contributed by atoms with E-state index in [1.807, 2.05) is 31.3 Å². The van der Waals surface area contributed by atoms with Gasteiger partial charge in [0.1, 0.15) is 5.76 Å². The van der Waals surface area contributed by atoms with Gasteiger partial charge in [-0.1, -0.05) is 30.0 Å². The van der Waals surface area contributed by atoms with E-state index in [0.29, 0.717) is 10.6 Å². The van der Waals surface area contributed by atoms with E-state index in [4.69, 9.17) is 10.2 Å². The third kappa shape index (κ3) is 1.65. The molecule has 2 aromatic heterocycles. The second kappa shape index (κ2) is 4.72. The van der Waals surface area contributed by atoms with E-state index >= 15 is 0 Å². The maximum atomic E-state index is 9.59. The van der Waals surface area contributed by atoms with Crippen molar-refractivity contribution >= 4 is 22.7 Å². The first-order valence-corrected chi connectivity index (χ1v) is 7.72. The topological polar surface area (TPSA) is 67.9 Å². The molecule has 1 atom stereocenters. The van der Waals surface area contributed by atoms with Crippen LogP contribution in [0.5, 0.6) is 0 Å². The largest absolute Gasteiger partial charge is 0.468 e. The van der Waals surface area contributed by atoms with Crippen LogP contribution in [0, 0.1) is 11.3 Å². The Labute approximate surface area is 131 Å². The van der Waals surface area contributed by atoms with Gasteiger partial charge in [-0.3, -0.25) is 0 Å². The van der Waals surface area contributed by atoms with Gasteiger partial charge in [0.15, 0.2) is 0 Å². The Morgan fingerprint density at radius 1 is 1.27 bits per heavy atom. The molecule has 4 nitrogen and oxygen atoms in total. The first kappa shape index (κ1) is 13.1. The number of furan rings is 1. The van der Waals surface area contributed by atoms with Gasteiger partial charge in [0.25, 0.3) is 0 Å². The lowest BCUT2D eigenvalue weighted by Crippen LogP contribution is -2.14. The number of nitrogens with two attached hydrogens (primary N) is 1. The first-order valence-electron chi connectivity index (χ1n) is 6.90. The molecule has 22 heavy (non-hydrogen) atoms. The summed E-state index contributed by atoms with van der Waals surface area (Å²) in [6.07, 6.45) is 1.63. The van der Waals surface area contributed by atoms with Crippen molar-refractivity contribution in [3.05, 3.63) is 64.6 Å². The lowest BCUT2D eigenvalue weighted by molar-refractivity contribution is 0.501. The highest BCUT2D eigenvalue weighted by Gasteiger charge is 2.35. The van der Waals surface area contributed by atoms with Crippen LogP contribution in [0.15, 0.2) is 62.7 Å². The zero-order chi connectivity index (χ0) is 15.3. The second-order valence-electron chi connectivity index (χ2n) is 5.24. The first-order chi connectivity index (χ1) is 10.7. The van der Waals surface area contributed by atoms with E-state index in [2.05, 4.69) is 22.8 Å². The van der Waals surface area contributed by atoms with Crippen molar-refractivity contribution in [3.8, 4) is 6.07 Å². The number of hydrogen-bond donors (Lipinski definition) is 1. The second-order valence-corrected chi connectivity index (χ2v) is 6.27. The molecule has 0 saturated carbocycles. The summed E-state index contributed by atoms with van der Waals surface area (Å²) < 4.78 is 7.74. The highest BCUT2D eigenvalue weighted by molar-refractivity contribution is 8.03. The normalized spacial score (nSPS) is 17.5. The zero-order valence-electron chi connectivity index (χ0n) is 11.9. The predicted molar refractivity (Wildman–Crippen MR) is 86.2 cm³/mol. The molecule has 0 fully saturated rings. The number of aromatic nitrogens is 1. The summed E-state index contributed by atoms with van der Waals surface area (Å²) >= 11 is 1.45. The van der Waals surface area contributed by atoms with Crippen LogP contribution in [0.25, 0.3) is 10.9 Å². The molecule has 1 aliphatic heterocycles. The zero-order valence-corrected chi connectivity index (χ0v) is 12.7. The molecule has 0 saturated heterocycles. The fraction of sp³-hybridized carbons (Fsp3) is 0.118. The fourth-order valence-electron chi connectivity index (χ4n) is 3.11. The molecule has 108 valence electrons. The van der Waals surface area contributed by atoms with E-state index in [9.17, 15) is 5.26 Å². The van der Waals surface area contributed by atoms with Crippen molar-refractivity contribution in [2.75, 3.05) is 0 Å². The molecule has 0 aliphatic carbocycles. The van der Waals surface area contributed by atoms with Crippen molar-refractivity contribution < 1.29 is 4.42 Å². The van der Waals surface area contributed by atoms with Crippen LogP contribution in [0.4, 0.5) is 0 Å². The number of allylic oxidation sites excluding steroid dienone is 1. The Balaban J connectivity index is 2.10. The number of fused-ring (bicyclic) bond motifs is 3. The van der Waals surface area contributed by atoms with Crippen molar-refractivity contribution in [3.63, 3.8) is 0 Å². The minimum absolute atomic E-state index is 0.248. The van der Waals surface area contributed by atoms with Crippen LogP contribution in [-0.2, 0) is 7.05 Å². The summed E-state index contributed by atoms with van der Waals surface area (Å²) in [5.41, 5.74) is 8.94. The molecule has 0 spiro atoms. The number of thioether (sulfide) groups is 1. The summed E-state index contributed by atoms with van der Waals surface area (Å²) in [5, 5.41) is 12.3. The highest BCUT2D eigenvalue weighted by atomic mass is 32.2. The Morgan fingerprint density at radius 2 is 2.09 bits per heavy atom. The lowest BCUT2D eigenvalue weighted by Gasteiger charge is -2.22. The SMILES string of the molecule is Cn1c2c(c3ccccc31)[C@@H](c1ccco1)C(C#N)=C(N)S2. The van der Waals surface area contributed by atoms with E-state index in [0.717, 1.165) is 27.3 Å². The van der Waals surface area contributed by atoms with E-state index in [1.54, 1.807) is 6.26 Å². The molecular formula is C17H13N3OS. The van der Waals surface area contributed by atoms with Gasteiger partial charge in [-0.2, -0.15) is 5.26 Å². The Kier molecular flexibility index (Phi) is 2.81. The molecule has 5 heteroatoms. The van der Waals surface area contributed by atoms with Gasteiger partial charge in [0.05, 0.1) is 33.9 Å². The third-order valence-corrected chi connectivity index (χ3v) is 5.22. The summed E-state index contributed by atoms with van der Waals surface area (Å²) in [5.74, 6) is 0.500. The number of aryl methyl sites for hydroxylation is 1. The quantitative estimate of drug-likeness (QED) is 0.744. The summed E-state index contributed by atoms with van der Waals surface area (Å²) in [6, 6.07) is 14.2. The number of nitriles is 1. The summed E-state index contributed by atoms with van der Waals surface area (Å²) in [4.78, 5) is 0. The molecule has 0 radical (unpaired) electrons. The van der Waals surface area contributed by atoms with Gasteiger partial charge in [0.2, 0.25) is 0 Å². The average molecular weight is 307 g/mol. The van der Waals surface area contributed by atoms with Gasteiger partial charge in [-0.25, -0.2) is 0 Å². The number of rotatable bonds is 1. The van der Waals surface area contributed by atoms with Crippen LogP contribution in [0.2, 0.25) is 0 Å². The number of para-hydroxylation sites is 1. The van der Waals surface area contributed by atoms with Gasteiger partial charge < -0.3 is 14.7 Å². The molecule has 0 amide bonds. The van der Waals surface area contributed by atoms with Crippen LogP contribution < -0.4 is 5.73 Å². The van der Waals surface area contributed by atoms with Crippen molar-refractivity contribution in [2.24, 2.45) is 12.8 Å². The minimum Gasteiger partial charge on any atom is -0.468 e. The fourth-order valence-corrected chi connectivity index (χ4v) is 4.16. The molecule has 4 rings (SSSR count). The third-order valence-electron chi connectivity index (χ3n) is 4.09. The van der Waals surface area contributed by atoms with Gasteiger partial charge in [0, 0.05) is 23.5 Å². The lowest BCUT2D eigenvalue weighted by atomic mass is 9.89. The molecule has 1 aliphatic rings. The number of nitrogens with zero attached hydrogens (tertiary/aromatic N) is 2. The van der Waals surface area contributed by atoms with Crippen LogP contribution in [0.1, 0.15) is 17.2 Å². The van der Waals surface area contributed by atoms with E-state index in [-0.39, 0.29) is 5.92 Å². The van der Waals surface area contributed by atoms with Crippen LogP contribution >= 0.6 is 11.8 Å². The molecular weight excluding hydrogens is 294 g/mol. The van der Waals surface area contributed by atoms with Crippen molar-refractivity contribution in [2.45, 2.75) is 10.9 Å². The van der Waals surface area contributed by atoms with Crippen molar-refractivity contribution in [1.29, 1.82) is 5.26 Å². The Morgan fingerprint density at radius 3 is 2.82 bits per heavy atom. The Bertz CT molecular complexity index is 944. The van der Waals surface area contributed by atoms with E-state index < -0.39 is 0 Å². The van der Waals surface area contributed by atoms with Crippen LogP contribution in [0.3, 0.4) is 0 Å². The minimum atomic E-state index is -0.248. The smallest absolute Gasteiger partial charge is 0.116 e. The average Bonchev–Trinajstić information content (AvgIpc) is 3.15. The molecule has 1 aromatic carbocycles. The molecule has 0 bridgehead atoms.